The largest absolute Gasteiger partial charge is 0.372 e. The van der Waals surface area contributed by atoms with Gasteiger partial charge in [-0.25, -0.2) is 9.37 Å². The molecule has 0 N–H and O–H groups in total. The van der Waals surface area contributed by atoms with E-state index in [1.807, 2.05) is 18.3 Å². The summed E-state index contributed by atoms with van der Waals surface area (Å²) in [6.07, 6.45) is 7.21. The third-order valence-electron chi connectivity index (χ3n) is 3.90. The second-order valence-corrected chi connectivity index (χ2v) is 5.38. The van der Waals surface area contributed by atoms with Gasteiger partial charge in [0, 0.05) is 31.2 Å². The molecule has 4 heteroatoms. The molecule has 0 aliphatic rings. The molecule has 0 spiro atoms. The fourth-order valence-corrected chi connectivity index (χ4v) is 2.63. The molecule has 0 saturated heterocycles. The molecule has 118 valence electrons. The monoisotopic (exact) mass is 309 g/mol. The molecule has 0 aliphatic heterocycles. The molecule has 0 bridgehead atoms. The maximum Gasteiger partial charge on any atom is 0.139 e. The van der Waals surface area contributed by atoms with Crippen LogP contribution in [0.1, 0.15) is 25.1 Å². The molecular weight excluding hydrogens is 289 g/mol. The van der Waals surface area contributed by atoms with Crippen LogP contribution in [0.3, 0.4) is 0 Å². The number of anilines is 1. The SMILES string of the molecule is CCN(CC)c1ccc(/C=C/c2cn3cc(F)ccc3n2)cc1. The first-order valence-electron chi connectivity index (χ1n) is 7.87. The van der Waals surface area contributed by atoms with E-state index in [9.17, 15) is 4.39 Å². The number of benzene rings is 1. The summed E-state index contributed by atoms with van der Waals surface area (Å²) in [7, 11) is 0. The lowest BCUT2D eigenvalue weighted by molar-refractivity contribution is 0.619. The summed E-state index contributed by atoms with van der Waals surface area (Å²) < 4.78 is 14.9. The average Bonchev–Trinajstić information content (AvgIpc) is 2.97. The summed E-state index contributed by atoms with van der Waals surface area (Å²) in [5.41, 5.74) is 3.89. The lowest BCUT2D eigenvalue weighted by Gasteiger charge is -2.20. The minimum atomic E-state index is -0.266. The smallest absolute Gasteiger partial charge is 0.139 e. The molecule has 0 atom stereocenters. The summed E-state index contributed by atoms with van der Waals surface area (Å²) >= 11 is 0. The van der Waals surface area contributed by atoms with Gasteiger partial charge in [-0.2, -0.15) is 0 Å². The van der Waals surface area contributed by atoms with E-state index in [2.05, 4.69) is 48.0 Å². The van der Waals surface area contributed by atoms with Gasteiger partial charge in [0.15, 0.2) is 0 Å². The quantitative estimate of drug-likeness (QED) is 0.692. The van der Waals surface area contributed by atoms with Crippen LogP contribution < -0.4 is 4.90 Å². The van der Waals surface area contributed by atoms with Gasteiger partial charge in [-0.1, -0.05) is 18.2 Å². The number of aromatic nitrogens is 2. The van der Waals surface area contributed by atoms with Gasteiger partial charge in [0.25, 0.3) is 0 Å². The van der Waals surface area contributed by atoms with Gasteiger partial charge >= 0.3 is 0 Å². The number of hydrogen-bond acceptors (Lipinski definition) is 2. The second kappa shape index (κ2) is 6.65. The van der Waals surface area contributed by atoms with Crippen LogP contribution in [0.25, 0.3) is 17.8 Å². The van der Waals surface area contributed by atoms with E-state index >= 15 is 0 Å². The van der Waals surface area contributed by atoms with Gasteiger partial charge < -0.3 is 9.30 Å². The highest BCUT2D eigenvalue weighted by molar-refractivity contribution is 5.70. The highest BCUT2D eigenvalue weighted by atomic mass is 19.1. The minimum Gasteiger partial charge on any atom is -0.372 e. The second-order valence-electron chi connectivity index (χ2n) is 5.38. The van der Waals surface area contributed by atoms with Gasteiger partial charge in [0.2, 0.25) is 0 Å². The van der Waals surface area contributed by atoms with Crippen molar-refractivity contribution in [3.05, 3.63) is 65.9 Å². The van der Waals surface area contributed by atoms with Crippen molar-refractivity contribution in [1.29, 1.82) is 0 Å². The topological polar surface area (TPSA) is 20.5 Å². The third kappa shape index (κ3) is 3.42. The predicted octanol–water partition coefficient (Wildman–Crippen LogP) is 4.49. The summed E-state index contributed by atoms with van der Waals surface area (Å²) in [6.45, 7) is 6.32. The van der Waals surface area contributed by atoms with Crippen molar-refractivity contribution in [2.24, 2.45) is 0 Å². The molecule has 0 fully saturated rings. The maximum atomic E-state index is 13.2. The Morgan fingerprint density at radius 2 is 1.74 bits per heavy atom. The van der Waals surface area contributed by atoms with Crippen LogP contribution in [-0.2, 0) is 0 Å². The van der Waals surface area contributed by atoms with Crippen molar-refractivity contribution in [1.82, 2.24) is 9.38 Å². The number of nitrogens with zero attached hydrogens (tertiary/aromatic N) is 3. The third-order valence-corrected chi connectivity index (χ3v) is 3.90. The van der Waals surface area contributed by atoms with E-state index < -0.39 is 0 Å². The van der Waals surface area contributed by atoms with Gasteiger partial charge in [-0.3, -0.25) is 0 Å². The number of halogens is 1. The van der Waals surface area contributed by atoms with Gasteiger partial charge in [0.05, 0.1) is 5.69 Å². The lowest BCUT2D eigenvalue weighted by atomic mass is 10.1. The van der Waals surface area contributed by atoms with Gasteiger partial charge in [-0.05, 0) is 49.8 Å². The predicted molar refractivity (Wildman–Crippen MR) is 94.1 cm³/mol. The van der Waals surface area contributed by atoms with Crippen molar-refractivity contribution in [3.63, 3.8) is 0 Å². The highest BCUT2D eigenvalue weighted by Gasteiger charge is 2.01. The zero-order chi connectivity index (χ0) is 16.2. The molecular formula is C19H20FN3. The number of hydrogen-bond donors (Lipinski definition) is 0. The molecule has 0 amide bonds. The molecule has 0 saturated carbocycles. The fourth-order valence-electron chi connectivity index (χ4n) is 2.63. The Morgan fingerprint density at radius 1 is 1.00 bits per heavy atom. The normalized spacial score (nSPS) is 11.4. The minimum absolute atomic E-state index is 0.266. The first kappa shape index (κ1) is 15.3. The Bertz CT molecular complexity index is 814. The summed E-state index contributed by atoms with van der Waals surface area (Å²) in [5.74, 6) is -0.266. The number of pyridine rings is 1. The van der Waals surface area contributed by atoms with Gasteiger partial charge in [0.1, 0.15) is 11.5 Å². The van der Waals surface area contributed by atoms with E-state index in [0.29, 0.717) is 0 Å². The Balaban J connectivity index is 1.78. The summed E-state index contributed by atoms with van der Waals surface area (Å²) in [6, 6.07) is 11.5. The van der Waals surface area contributed by atoms with Crippen molar-refractivity contribution in [2.75, 3.05) is 18.0 Å². The van der Waals surface area contributed by atoms with Crippen molar-refractivity contribution in [3.8, 4) is 0 Å². The van der Waals surface area contributed by atoms with Crippen molar-refractivity contribution in [2.45, 2.75) is 13.8 Å². The number of rotatable bonds is 5. The van der Waals surface area contributed by atoms with Gasteiger partial charge in [-0.15, -0.1) is 0 Å². The summed E-state index contributed by atoms with van der Waals surface area (Å²) in [5, 5.41) is 0. The van der Waals surface area contributed by atoms with E-state index in [4.69, 9.17) is 0 Å². The molecule has 3 nitrogen and oxygen atoms in total. The molecule has 2 aromatic heterocycles. The molecule has 23 heavy (non-hydrogen) atoms. The van der Waals surface area contributed by atoms with E-state index in [0.717, 1.165) is 30.0 Å². The first-order chi connectivity index (χ1) is 11.2. The Kier molecular flexibility index (Phi) is 4.42. The van der Waals surface area contributed by atoms with E-state index in [1.54, 1.807) is 10.5 Å². The number of imidazole rings is 1. The first-order valence-corrected chi connectivity index (χ1v) is 7.87. The highest BCUT2D eigenvalue weighted by Crippen LogP contribution is 2.17. The standard InChI is InChI=1S/C19H20FN3/c1-3-22(4-2)18-10-6-15(7-11-18)5-9-17-14-23-13-16(20)8-12-19(23)21-17/h5-14H,3-4H2,1-2H3/b9-5+. The van der Waals surface area contributed by atoms with Crippen LogP contribution in [-0.4, -0.2) is 22.5 Å². The molecule has 0 radical (unpaired) electrons. The van der Waals surface area contributed by atoms with Crippen LogP contribution in [0.5, 0.6) is 0 Å². The fraction of sp³-hybridized carbons (Fsp3) is 0.211. The van der Waals surface area contributed by atoms with Crippen LogP contribution in [0.4, 0.5) is 10.1 Å². The zero-order valence-corrected chi connectivity index (χ0v) is 13.4. The van der Waals surface area contributed by atoms with Crippen molar-refractivity contribution < 1.29 is 4.39 Å². The van der Waals surface area contributed by atoms with E-state index in [-0.39, 0.29) is 5.82 Å². The Morgan fingerprint density at radius 3 is 2.43 bits per heavy atom. The van der Waals surface area contributed by atoms with Crippen LogP contribution in [0, 0.1) is 5.82 Å². The Hall–Kier alpha value is -2.62. The van der Waals surface area contributed by atoms with Crippen LogP contribution in [0.2, 0.25) is 0 Å². The number of fused-ring (bicyclic) bond motifs is 1. The lowest BCUT2D eigenvalue weighted by Crippen LogP contribution is -2.21. The summed E-state index contributed by atoms with van der Waals surface area (Å²) in [4.78, 5) is 6.75. The van der Waals surface area contributed by atoms with E-state index in [1.165, 1.54) is 18.0 Å². The molecule has 0 aliphatic carbocycles. The van der Waals surface area contributed by atoms with Crippen molar-refractivity contribution >= 4 is 23.5 Å². The Labute approximate surface area is 135 Å². The van der Waals surface area contributed by atoms with Crippen LogP contribution >= 0.6 is 0 Å². The molecule has 2 heterocycles. The maximum absolute atomic E-state index is 13.2. The molecule has 1 aromatic carbocycles. The average molecular weight is 309 g/mol. The molecule has 3 rings (SSSR count). The molecule has 3 aromatic rings. The van der Waals surface area contributed by atoms with Crippen LogP contribution in [0.15, 0.2) is 48.8 Å². The molecule has 0 unspecified atom stereocenters. The zero-order valence-electron chi connectivity index (χ0n) is 13.4.